The van der Waals surface area contributed by atoms with Crippen LogP contribution in [0.3, 0.4) is 0 Å². The monoisotopic (exact) mass is 260 g/mol. The molecule has 0 aromatic carbocycles. The van der Waals surface area contributed by atoms with Crippen molar-refractivity contribution in [1.82, 2.24) is 10.3 Å². The van der Waals surface area contributed by atoms with Gasteiger partial charge in [-0.05, 0) is 12.5 Å². The molecule has 2 N–H and O–H groups in total. The third-order valence-electron chi connectivity index (χ3n) is 2.21. The summed E-state index contributed by atoms with van der Waals surface area (Å²) in [7, 11) is 1.44. The molecule has 1 rings (SSSR count). The van der Waals surface area contributed by atoms with Crippen LogP contribution in [0.15, 0.2) is 12.3 Å². The number of hydrogen-bond acceptors (Lipinski definition) is 4. The van der Waals surface area contributed by atoms with E-state index in [-0.39, 0.29) is 19.6 Å². The van der Waals surface area contributed by atoms with E-state index in [9.17, 15) is 18.7 Å². The van der Waals surface area contributed by atoms with E-state index in [2.05, 4.69) is 10.3 Å². The number of halogens is 2. The van der Waals surface area contributed by atoms with Gasteiger partial charge in [-0.1, -0.05) is 0 Å². The number of nitrogens with one attached hydrogen (secondary N) is 1. The van der Waals surface area contributed by atoms with Crippen molar-refractivity contribution in [2.45, 2.75) is 12.5 Å². The second-order valence-electron chi connectivity index (χ2n) is 3.62. The molecule has 0 saturated carbocycles. The van der Waals surface area contributed by atoms with E-state index >= 15 is 0 Å². The first-order valence-corrected chi connectivity index (χ1v) is 5.31. The standard InChI is InChI=1S/C11H14F2N2O3/c1-18-6-7(16)2-4-15-11(17)8-3-5-14-10(13)9(8)12/h3,5,7,16H,2,4,6H2,1H3,(H,15,17). The first-order chi connectivity index (χ1) is 8.56. The summed E-state index contributed by atoms with van der Waals surface area (Å²) >= 11 is 0. The lowest BCUT2D eigenvalue weighted by atomic mass is 10.2. The highest BCUT2D eigenvalue weighted by atomic mass is 19.2. The SMILES string of the molecule is COCC(O)CCNC(=O)c1ccnc(F)c1F. The molecule has 0 bridgehead atoms. The summed E-state index contributed by atoms with van der Waals surface area (Å²) in [5, 5.41) is 11.7. The van der Waals surface area contributed by atoms with Crippen LogP contribution in [0.25, 0.3) is 0 Å². The Morgan fingerprint density at radius 2 is 2.33 bits per heavy atom. The number of carbonyl (C=O) groups excluding carboxylic acids is 1. The minimum atomic E-state index is -1.32. The van der Waals surface area contributed by atoms with E-state index < -0.39 is 29.3 Å². The zero-order valence-electron chi connectivity index (χ0n) is 9.82. The molecule has 0 spiro atoms. The Morgan fingerprint density at radius 3 is 3.00 bits per heavy atom. The molecule has 0 fully saturated rings. The average molecular weight is 260 g/mol. The van der Waals surface area contributed by atoms with Gasteiger partial charge in [0, 0.05) is 19.9 Å². The van der Waals surface area contributed by atoms with E-state index in [4.69, 9.17) is 4.74 Å². The Hall–Kier alpha value is -1.60. The predicted molar refractivity (Wildman–Crippen MR) is 59.0 cm³/mol. The molecule has 1 atom stereocenters. The molecule has 100 valence electrons. The van der Waals surface area contributed by atoms with E-state index in [0.717, 1.165) is 12.3 Å². The molecule has 0 radical (unpaired) electrons. The van der Waals surface area contributed by atoms with E-state index in [1.54, 1.807) is 0 Å². The summed E-state index contributed by atoms with van der Waals surface area (Å²) in [5.74, 6) is -3.35. The van der Waals surface area contributed by atoms with Gasteiger partial charge in [-0.3, -0.25) is 4.79 Å². The third kappa shape index (κ3) is 4.01. The van der Waals surface area contributed by atoms with Crippen molar-refractivity contribution in [3.05, 3.63) is 29.6 Å². The maximum Gasteiger partial charge on any atom is 0.254 e. The van der Waals surface area contributed by atoms with Crippen LogP contribution in [-0.4, -0.2) is 42.4 Å². The quantitative estimate of drug-likeness (QED) is 0.730. The molecule has 1 amide bonds. The first kappa shape index (κ1) is 14.5. The summed E-state index contributed by atoms with van der Waals surface area (Å²) in [5.41, 5.74) is -0.413. The van der Waals surface area contributed by atoms with Gasteiger partial charge in [0.2, 0.25) is 5.95 Å². The molecule has 1 aromatic rings. The summed E-state index contributed by atoms with van der Waals surface area (Å²) in [6, 6.07) is 1.08. The van der Waals surface area contributed by atoms with Crippen LogP contribution in [0.1, 0.15) is 16.8 Å². The van der Waals surface area contributed by atoms with Crippen LogP contribution in [-0.2, 0) is 4.74 Å². The van der Waals surface area contributed by atoms with E-state index in [1.807, 2.05) is 0 Å². The van der Waals surface area contributed by atoms with Crippen LogP contribution in [0.4, 0.5) is 8.78 Å². The molecule has 5 nitrogen and oxygen atoms in total. The Bertz CT molecular complexity index is 415. The van der Waals surface area contributed by atoms with E-state index in [1.165, 1.54) is 7.11 Å². The second kappa shape index (κ2) is 6.97. The number of pyridine rings is 1. The first-order valence-electron chi connectivity index (χ1n) is 5.31. The predicted octanol–water partition coefficient (Wildman–Crippen LogP) is 0.487. The van der Waals surface area contributed by atoms with Crippen LogP contribution >= 0.6 is 0 Å². The molecular formula is C11H14F2N2O3. The molecule has 1 aromatic heterocycles. The molecule has 0 aliphatic rings. The lowest BCUT2D eigenvalue weighted by Crippen LogP contribution is -2.29. The lowest BCUT2D eigenvalue weighted by molar-refractivity contribution is 0.0587. The van der Waals surface area contributed by atoms with E-state index in [0.29, 0.717) is 0 Å². The molecule has 0 aliphatic heterocycles. The number of carbonyl (C=O) groups is 1. The molecule has 1 unspecified atom stereocenters. The fourth-order valence-corrected chi connectivity index (χ4v) is 1.32. The fraction of sp³-hybridized carbons (Fsp3) is 0.455. The average Bonchev–Trinajstić information content (AvgIpc) is 2.33. The highest BCUT2D eigenvalue weighted by Crippen LogP contribution is 2.08. The van der Waals surface area contributed by atoms with Crippen molar-refractivity contribution in [2.24, 2.45) is 0 Å². The van der Waals surface area contributed by atoms with Gasteiger partial charge in [-0.25, -0.2) is 9.37 Å². The maximum atomic E-state index is 13.2. The van der Waals surface area contributed by atoms with Crippen LogP contribution < -0.4 is 5.32 Å². The van der Waals surface area contributed by atoms with Crippen molar-refractivity contribution in [1.29, 1.82) is 0 Å². The number of hydrogen-bond donors (Lipinski definition) is 2. The number of methoxy groups -OCH3 is 1. The van der Waals surface area contributed by atoms with Gasteiger partial charge in [0.25, 0.3) is 5.91 Å². The Morgan fingerprint density at radius 1 is 1.61 bits per heavy atom. The molecule has 1 heterocycles. The van der Waals surface area contributed by atoms with Crippen LogP contribution in [0.5, 0.6) is 0 Å². The number of aliphatic hydroxyl groups is 1. The molecule has 7 heteroatoms. The number of aliphatic hydroxyl groups excluding tert-OH is 1. The normalized spacial score (nSPS) is 12.2. The van der Waals surface area contributed by atoms with Gasteiger partial charge >= 0.3 is 0 Å². The number of nitrogens with zero attached hydrogens (tertiary/aromatic N) is 1. The van der Waals surface area contributed by atoms with Crippen LogP contribution in [0.2, 0.25) is 0 Å². The highest BCUT2D eigenvalue weighted by Gasteiger charge is 2.15. The van der Waals surface area contributed by atoms with Crippen molar-refractivity contribution in [3.8, 4) is 0 Å². The number of rotatable bonds is 6. The molecule has 0 saturated heterocycles. The molecule has 18 heavy (non-hydrogen) atoms. The highest BCUT2D eigenvalue weighted by molar-refractivity contribution is 5.94. The summed E-state index contributed by atoms with van der Waals surface area (Å²) < 4.78 is 30.7. The lowest BCUT2D eigenvalue weighted by Gasteiger charge is -2.10. The van der Waals surface area contributed by atoms with Gasteiger partial charge in [0.05, 0.1) is 18.3 Å². The van der Waals surface area contributed by atoms with Crippen molar-refractivity contribution < 1.29 is 23.4 Å². The Kier molecular flexibility index (Phi) is 5.60. The minimum absolute atomic E-state index is 0.132. The van der Waals surface area contributed by atoms with Gasteiger partial charge < -0.3 is 15.2 Å². The smallest absolute Gasteiger partial charge is 0.254 e. The maximum absolute atomic E-state index is 13.2. The fourth-order valence-electron chi connectivity index (χ4n) is 1.32. The summed E-state index contributed by atoms with van der Waals surface area (Å²) in [6.07, 6.45) is 0.552. The van der Waals surface area contributed by atoms with Crippen molar-refractivity contribution in [2.75, 3.05) is 20.3 Å². The van der Waals surface area contributed by atoms with Gasteiger partial charge in [0.1, 0.15) is 0 Å². The number of ether oxygens (including phenoxy) is 1. The van der Waals surface area contributed by atoms with Crippen molar-refractivity contribution >= 4 is 5.91 Å². The van der Waals surface area contributed by atoms with Crippen molar-refractivity contribution in [3.63, 3.8) is 0 Å². The topological polar surface area (TPSA) is 71.5 Å². The minimum Gasteiger partial charge on any atom is -0.391 e. The second-order valence-corrected chi connectivity index (χ2v) is 3.62. The zero-order valence-corrected chi connectivity index (χ0v) is 9.82. The summed E-state index contributed by atoms with van der Waals surface area (Å²) in [6.45, 7) is 0.279. The van der Waals surface area contributed by atoms with Gasteiger partial charge in [0.15, 0.2) is 5.82 Å². The largest absolute Gasteiger partial charge is 0.391 e. The van der Waals surface area contributed by atoms with Crippen LogP contribution in [0, 0.1) is 11.8 Å². The zero-order chi connectivity index (χ0) is 13.5. The van der Waals surface area contributed by atoms with Gasteiger partial charge in [-0.15, -0.1) is 0 Å². The Balaban J connectivity index is 2.48. The Labute approximate surface area is 103 Å². The third-order valence-corrected chi connectivity index (χ3v) is 2.21. The molecule has 0 aliphatic carbocycles. The number of aromatic nitrogens is 1. The number of amides is 1. The summed E-state index contributed by atoms with van der Waals surface area (Å²) in [4.78, 5) is 14.6. The molecular weight excluding hydrogens is 246 g/mol. The van der Waals surface area contributed by atoms with Gasteiger partial charge in [-0.2, -0.15) is 4.39 Å².